The van der Waals surface area contributed by atoms with Crippen LogP contribution in [0.15, 0.2) is 73.3 Å². The summed E-state index contributed by atoms with van der Waals surface area (Å²) in [5.74, 6) is 1.37. The zero-order valence-electron chi connectivity index (χ0n) is 16.6. The molecular weight excluding hydrogens is 412 g/mol. The van der Waals surface area contributed by atoms with E-state index >= 15 is 0 Å². The minimum Gasteiger partial charge on any atom is -0.486 e. The molecule has 1 unspecified atom stereocenters. The molecule has 1 atom stereocenters. The second-order valence-electron chi connectivity index (χ2n) is 7.08. The number of fused-ring (bicyclic) bond motifs is 1. The number of hydrogen-bond donors (Lipinski definition) is 1. The third-order valence-electron chi connectivity index (χ3n) is 5.00. The van der Waals surface area contributed by atoms with Crippen molar-refractivity contribution in [3.05, 3.63) is 83.8 Å². The maximum absolute atomic E-state index is 13.0. The van der Waals surface area contributed by atoms with Crippen LogP contribution in [0.25, 0.3) is 10.4 Å². The summed E-state index contributed by atoms with van der Waals surface area (Å²) in [6.45, 7) is 1.60. The lowest BCUT2D eigenvalue weighted by molar-refractivity contribution is 0.0936. The second-order valence-corrected chi connectivity index (χ2v) is 8.16. The summed E-state index contributed by atoms with van der Waals surface area (Å²) in [5, 5.41) is 7.32. The van der Waals surface area contributed by atoms with Gasteiger partial charge in [-0.05, 0) is 41.5 Å². The van der Waals surface area contributed by atoms with E-state index in [1.54, 1.807) is 11.0 Å². The number of carbonyl (C=O) groups is 1. The number of benzene rings is 2. The third kappa shape index (κ3) is 4.29. The Hall–Kier alpha value is -3.65. The molecule has 1 aliphatic rings. The number of ether oxygens (including phenoxy) is 2. The molecule has 0 fully saturated rings. The Labute approximate surface area is 183 Å². The van der Waals surface area contributed by atoms with Gasteiger partial charge in [0.1, 0.15) is 25.9 Å². The molecule has 0 aliphatic carbocycles. The average Bonchev–Trinajstić information content (AvgIpc) is 3.51. The average molecular weight is 433 g/mol. The van der Waals surface area contributed by atoms with E-state index in [9.17, 15) is 4.79 Å². The fourth-order valence-electron chi connectivity index (χ4n) is 3.47. The third-order valence-corrected chi connectivity index (χ3v) is 6.13. The predicted molar refractivity (Wildman–Crippen MR) is 117 cm³/mol. The molecule has 1 aliphatic heterocycles. The quantitative estimate of drug-likeness (QED) is 0.499. The summed E-state index contributed by atoms with van der Waals surface area (Å²) in [7, 11) is 0. The summed E-state index contributed by atoms with van der Waals surface area (Å²) < 4.78 is 13.0. The largest absolute Gasteiger partial charge is 0.486 e. The molecule has 0 saturated carbocycles. The van der Waals surface area contributed by atoms with Gasteiger partial charge in [0.25, 0.3) is 5.91 Å². The van der Waals surface area contributed by atoms with E-state index in [1.807, 2.05) is 60.7 Å². The Bertz CT molecular complexity index is 1170. The highest BCUT2D eigenvalue weighted by atomic mass is 32.1. The number of nitrogens with zero attached hydrogens (tertiary/aromatic N) is 3. The number of nitrogens with one attached hydrogen (secondary N) is 1. The monoisotopic (exact) mass is 432 g/mol. The second kappa shape index (κ2) is 8.61. The topological polar surface area (TPSA) is 78.3 Å². The van der Waals surface area contributed by atoms with Crippen molar-refractivity contribution in [3.8, 4) is 21.9 Å². The standard InChI is InChI=1S/C23H20N4O3S/c28-23(26-18(13-27-15-24-14-25-27)16-4-2-1-3-5-16)22-9-8-21(31-22)17-6-7-19-20(12-17)30-11-10-29-19/h1-9,12,14-15,18H,10-11,13H2,(H,26,28). The molecule has 156 valence electrons. The van der Waals surface area contributed by atoms with Crippen molar-refractivity contribution < 1.29 is 14.3 Å². The number of amides is 1. The number of rotatable bonds is 6. The van der Waals surface area contributed by atoms with Gasteiger partial charge in [-0.15, -0.1) is 11.3 Å². The lowest BCUT2D eigenvalue weighted by Crippen LogP contribution is -2.31. The van der Waals surface area contributed by atoms with Gasteiger partial charge in [-0.1, -0.05) is 30.3 Å². The lowest BCUT2D eigenvalue weighted by Gasteiger charge is -2.19. The van der Waals surface area contributed by atoms with Gasteiger partial charge in [0.2, 0.25) is 0 Å². The summed E-state index contributed by atoms with van der Waals surface area (Å²) >= 11 is 1.45. The summed E-state index contributed by atoms with van der Waals surface area (Å²) in [5.41, 5.74) is 2.01. The first kappa shape index (κ1) is 19.3. The highest BCUT2D eigenvalue weighted by Crippen LogP contribution is 2.37. The maximum atomic E-state index is 13.0. The van der Waals surface area contributed by atoms with Crippen LogP contribution in [-0.4, -0.2) is 33.9 Å². The molecule has 1 amide bonds. The van der Waals surface area contributed by atoms with Crippen molar-refractivity contribution in [2.24, 2.45) is 0 Å². The van der Waals surface area contributed by atoms with Gasteiger partial charge < -0.3 is 14.8 Å². The summed E-state index contributed by atoms with van der Waals surface area (Å²) in [6, 6.07) is 19.3. The molecule has 3 heterocycles. The van der Waals surface area contributed by atoms with Gasteiger partial charge in [0.15, 0.2) is 11.5 Å². The molecule has 7 nitrogen and oxygen atoms in total. The van der Waals surface area contributed by atoms with Crippen LogP contribution in [0.1, 0.15) is 21.3 Å². The fraction of sp³-hybridized carbons (Fsp3) is 0.174. The SMILES string of the molecule is O=C(NC(Cn1cncn1)c1ccccc1)c1ccc(-c2ccc3c(c2)OCCO3)s1. The van der Waals surface area contributed by atoms with Crippen LogP contribution in [0, 0.1) is 0 Å². The van der Waals surface area contributed by atoms with Crippen molar-refractivity contribution in [2.45, 2.75) is 12.6 Å². The van der Waals surface area contributed by atoms with Crippen molar-refractivity contribution in [2.75, 3.05) is 13.2 Å². The van der Waals surface area contributed by atoms with Crippen molar-refractivity contribution >= 4 is 17.2 Å². The van der Waals surface area contributed by atoms with Crippen molar-refractivity contribution in [3.63, 3.8) is 0 Å². The maximum Gasteiger partial charge on any atom is 0.261 e. The Morgan fingerprint density at radius 3 is 2.71 bits per heavy atom. The van der Waals surface area contributed by atoms with Crippen molar-refractivity contribution in [1.29, 1.82) is 0 Å². The molecule has 8 heteroatoms. The molecule has 0 radical (unpaired) electrons. The van der Waals surface area contributed by atoms with E-state index in [1.165, 1.54) is 17.7 Å². The zero-order valence-corrected chi connectivity index (χ0v) is 17.4. The molecule has 1 N–H and O–H groups in total. The van der Waals surface area contributed by atoms with Gasteiger partial charge in [-0.25, -0.2) is 4.98 Å². The van der Waals surface area contributed by atoms with Gasteiger partial charge >= 0.3 is 0 Å². The molecule has 0 bridgehead atoms. The zero-order chi connectivity index (χ0) is 21.0. The highest BCUT2D eigenvalue weighted by molar-refractivity contribution is 7.17. The predicted octanol–water partition coefficient (Wildman–Crippen LogP) is 3.95. The van der Waals surface area contributed by atoms with Crippen LogP contribution in [-0.2, 0) is 6.54 Å². The molecule has 0 saturated heterocycles. The number of carbonyl (C=O) groups excluding carboxylic acids is 1. The molecule has 31 heavy (non-hydrogen) atoms. The van der Waals surface area contributed by atoms with Crippen molar-refractivity contribution in [1.82, 2.24) is 20.1 Å². The minimum absolute atomic E-state index is 0.122. The van der Waals surface area contributed by atoms with Crippen LogP contribution in [0.3, 0.4) is 0 Å². The fourth-order valence-corrected chi connectivity index (χ4v) is 4.38. The smallest absolute Gasteiger partial charge is 0.261 e. The first-order valence-corrected chi connectivity index (χ1v) is 10.8. The van der Waals surface area contributed by atoms with Gasteiger partial charge in [0.05, 0.1) is 17.5 Å². The van der Waals surface area contributed by atoms with E-state index in [0.29, 0.717) is 24.6 Å². The van der Waals surface area contributed by atoms with Crippen LogP contribution >= 0.6 is 11.3 Å². The Morgan fingerprint density at radius 1 is 1.06 bits per heavy atom. The molecule has 5 rings (SSSR count). The number of hydrogen-bond acceptors (Lipinski definition) is 6. The Kier molecular flexibility index (Phi) is 5.37. The number of aromatic nitrogens is 3. The summed E-state index contributed by atoms with van der Waals surface area (Å²) in [4.78, 5) is 18.7. The van der Waals surface area contributed by atoms with Crippen LogP contribution in [0.5, 0.6) is 11.5 Å². The van der Waals surface area contributed by atoms with E-state index in [2.05, 4.69) is 15.4 Å². The van der Waals surface area contributed by atoms with E-state index in [0.717, 1.165) is 27.5 Å². The molecule has 0 spiro atoms. The first-order valence-electron chi connectivity index (χ1n) is 9.94. The van der Waals surface area contributed by atoms with E-state index in [4.69, 9.17) is 9.47 Å². The van der Waals surface area contributed by atoms with Gasteiger partial charge in [-0.2, -0.15) is 5.10 Å². The molecule has 2 aromatic heterocycles. The first-order chi connectivity index (χ1) is 15.3. The number of thiophene rings is 1. The highest BCUT2D eigenvalue weighted by Gasteiger charge is 2.19. The van der Waals surface area contributed by atoms with E-state index < -0.39 is 0 Å². The normalized spacial score (nSPS) is 13.5. The molecule has 2 aromatic carbocycles. The molecule has 4 aromatic rings. The summed E-state index contributed by atoms with van der Waals surface area (Å²) in [6.07, 6.45) is 3.13. The van der Waals surface area contributed by atoms with Gasteiger partial charge in [-0.3, -0.25) is 9.48 Å². The van der Waals surface area contributed by atoms with Crippen LogP contribution in [0.2, 0.25) is 0 Å². The Morgan fingerprint density at radius 2 is 1.90 bits per heavy atom. The van der Waals surface area contributed by atoms with E-state index in [-0.39, 0.29) is 11.9 Å². The minimum atomic E-state index is -0.227. The van der Waals surface area contributed by atoms with Crippen LogP contribution in [0.4, 0.5) is 0 Å². The Balaban J connectivity index is 1.35. The van der Waals surface area contributed by atoms with Gasteiger partial charge in [0, 0.05) is 4.88 Å². The van der Waals surface area contributed by atoms with Crippen LogP contribution < -0.4 is 14.8 Å². The molecular formula is C23H20N4O3S. The lowest BCUT2D eigenvalue weighted by atomic mass is 10.1.